The molecular weight excluding hydrogens is 372 g/mol. The molecule has 0 atom stereocenters. The maximum Gasteiger partial charge on any atom is 0.407 e. The average molecular weight is 394 g/mol. The maximum atomic E-state index is 11.1. The molecule has 1 aliphatic rings. The molecule has 0 saturated carbocycles. The van der Waals surface area contributed by atoms with E-state index in [0.717, 1.165) is 27.6 Å². The standard InChI is InChI=1S/C21H22N4O4/c1-28-17-4-3-13(9-18(17)29-2)14-10-15-16(11-23-20(15)24-19(14)22)12-5-7-25(8-6-12)21(26)27/h3-5,9-11H,6-8H2,1-2H3,(H,26,27)(H3,22,23,24). The van der Waals surface area contributed by atoms with Crippen LogP contribution in [0.25, 0.3) is 27.7 Å². The smallest absolute Gasteiger partial charge is 0.407 e. The summed E-state index contributed by atoms with van der Waals surface area (Å²) in [6, 6.07) is 7.63. The molecular formula is C21H22N4O4. The van der Waals surface area contributed by atoms with Gasteiger partial charge in [-0.15, -0.1) is 0 Å². The topological polar surface area (TPSA) is 114 Å². The summed E-state index contributed by atoms with van der Waals surface area (Å²) in [4.78, 5) is 20.2. The van der Waals surface area contributed by atoms with Gasteiger partial charge in [0.25, 0.3) is 0 Å². The van der Waals surface area contributed by atoms with E-state index in [-0.39, 0.29) is 0 Å². The predicted octanol–water partition coefficient (Wildman–Crippen LogP) is 3.60. The molecule has 150 valence electrons. The molecule has 3 aromatic rings. The minimum absolute atomic E-state index is 0.377. The molecule has 1 aliphatic heterocycles. The molecule has 1 amide bonds. The second-order valence-electron chi connectivity index (χ2n) is 6.80. The highest BCUT2D eigenvalue weighted by molar-refractivity contribution is 5.96. The number of fused-ring (bicyclic) bond motifs is 1. The van der Waals surface area contributed by atoms with Crippen LogP contribution in [0.2, 0.25) is 0 Å². The first-order valence-electron chi connectivity index (χ1n) is 9.19. The molecule has 0 saturated heterocycles. The lowest BCUT2D eigenvalue weighted by Gasteiger charge is -2.23. The summed E-state index contributed by atoms with van der Waals surface area (Å²) in [5, 5.41) is 10.1. The predicted molar refractivity (Wildman–Crippen MR) is 111 cm³/mol. The molecule has 4 N–H and O–H groups in total. The largest absolute Gasteiger partial charge is 0.493 e. The summed E-state index contributed by atoms with van der Waals surface area (Å²) in [5.74, 6) is 1.66. The van der Waals surface area contributed by atoms with Crippen LogP contribution in [0.5, 0.6) is 11.5 Å². The summed E-state index contributed by atoms with van der Waals surface area (Å²) >= 11 is 0. The molecule has 0 radical (unpaired) electrons. The Hall–Kier alpha value is -3.68. The number of hydrogen-bond donors (Lipinski definition) is 3. The first-order valence-corrected chi connectivity index (χ1v) is 9.19. The van der Waals surface area contributed by atoms with Crippen molar-refractivity contribution >= 4 is 28.5 Å². The van der Waals surface area contributed by atoms with E-state index in [4.69, 9.17) is 20.3 Å². The van der Waals surface area contributed by atoms with E-state index in [1.165, 1.54) is 4.90 Å². The van der Waals surface area contributed by atoms with Crippen molar-refractivity contribution in [3.8, 4) is 22.6 Å². The second kappa shape index (κ2) is 7.38. The monoisotopic (exact) mass is 394 g/mol. The van der Waals surface area contributed by atoms with Gasteiger partial charge < -0.3 is 30.2 Å². The Bertz CT molecular complexity index is 1120. The van der Waals surface area contributed by atoms with Crippen molar-refractivity contribution in [2.75, 3.05) is 33.0 Å². The number of nitrogens with zero attached hydrogens (tertiary/aromatic N) is 2. The van der Waals surface area contributed by atoms with E-state index in [9.17, 15) is 4.79 Å². The van der Waals surface area contributed by atoms with Crippen LogP contribution in [0.15, 0.2) is 36.5 Å². The number of aromatic amines is 1. The zero-order chi connectivity index (χ0) is 20.5. The normalized spacial score (nSPS) is 14.0. The van der Waals surface area contributed by atoms with Gasteiger partial charge in [-0.3, -0.25) is 0 Å². The van der Waals surface area contributed by atoms with Crippen LogP contribution < -0.4 is 15.2 Å². The van der Waals surface area contributed by atoms with Crippen LogP contribution in [0.1, 0.15) is 12.0 Å². The van der Waals surface area contributed by atoms with Crippen LogP contribution in [0.3, 0.4) is 0 Å². The number of anilines is 1. The Morgan fingerprint density at radius 2 is 2.00 bits per heavy atom. The van der Waals surface area contributed by atoms with E-state index in [1.807, 2.05) is 36.5 Å². The van der Waals surface area contributed by atoms with Crippen molar-refractivity contribution < 1.29 is 19.4 Å². The number of H-pyrrole nitrogens is 1. The number of ether oxygens (including phenoxy) is 2. The zero-order valence-electron chi connectivity index (χ0n) is 16.2. The lowest BCUT2D eigenvalue weighted by molar-refractivity contribution is 0.150. The number of carboxylic acid groups (broad SMARTS) is 1. The van der Waals surface area contributed by atoms with E-state index < -0.39 is 6.09 Å². The fraction of sp³-hybridized carbons (Fsp3) is 0.238. The van der Waals surface area contributed by atoms with Gasteiger partial charge in [0.15, 0.2) is 11.5 Å². The van der Waals surface area contributed by atoms with Gasteiger partial charge in [-0.2, -0.15) is 0 Å². The van der Waals surface area contributed by atoms with E-state index >= 15 is 0 Å². The van der Waals surface area contributed by atoms with Gasteiger partial charge in [-0.1, -0.05) is 12.1 Å². The Balaban J connectivity index is 1.77. The van der Waals surface area contributed by atoms with Crippen molar-refractivity contribution in [3.63, 3.8) is 0 Å². The number of carbonyl (C=O) groups is 1. The molecule has 29 heavy (non-hydrogen) atoms. The average Bonchev–Trinajstić information content (AvgIpc) is 3.15. The quantitative estimate of drug-likeness (QED) is 0.623. The third-order valence-corrected chi connectivity index (χ3v) is 5.22. The van der Waals surface area contributed by atoms with Crippen molar-refractivity contribution in [3.05, 3.63) is 42.1 Å². The molecule has 3 heterocycles. The third kappa shape index (κ3) is 3.33. The summed E-state index contributed by atoms with van der Waals surface area (Å²) in [5.41, 5.74) is 10.7. The number of benzene rings is 1. The van der Waals surface area contributed by atoms with Gasteiger partial charge in [0.2, 0.25) is 0 Å². The van der Waals surface area contributed by atoms with Crippen LogP contribution >= 0.6 is 0 Å². The number of nitrogens with two attached hydrogens (primary N) is 1. The lowest BCUT2D eigenvalue weighted by Crippen LogP contribution is -2.33. The molecule has 0 fully saturated rings. The summed E-state index contributed by atoms with van der Waals surface area (Å²) in [7, 11) is 3.18. The van der Waals surface area contributed by atoms with Crippen LogP contribution in [-0.2, 0) is 0 Å². The number of pyridine rings is 1. The molecule has 0 unspecified atom stereocenters. The van der Waals surface area contributed by atoms with Crippen molar-refractivity contribution in [2.45, 2.75) is 6.42 Å². The number of nitrogen functional groups attached to an aromatic ring is 1. The molecule has 4 rings (SSSR count). The maximum absolute atomic E-state index is 11.1. The highest BCUT2D eigenvalue weighted by Gasteiger charge is 2.20. The first kappa shape index (κ1) is 18.7. The second-order valence-corrected chi connectivity index (χ2v) is 6.80. The van der Waals surface area contributed by atoms with Crippen LogP contribution in [-0.4, -0.2) is 53.4 Å². The summed E-state index contributed by atoms with van der Waals surface area (Å²) < 4.78 is 10.7. The Morgan fingerprint density at radius 3 is 2.66 bits per heavy atom. The Labute approximate surface area is 167 Å². The fourth-order valence-electron chi connectivity index (χ4n) is 3.65. The van der Waals surface area contributed by atoms with E-state index in [0.29, 0.717) is 42.5 Å². The molecule has 0 spiro atoms. The van der Waals surface area contributed by atoms with Crippen LogP contribution in [0, 0.1) is 0 Å². The van der Waals surface area contributed by atoms with E-state index in [2.05, 4.69) is 9.97 Å². The summed E-state index contributed by atoms with van der Waals surface area (Å²) in [6.45, 7) is 0.848. The first-order chi connectivity index (χ1) is 14.0. The number of aromatic nitrogens is 2. The molecule has 0 aliphatic carbocycles. The van der Waals surface area contributed by atoms with Gasteiger partial charge in [0, 0.05) is 35.8 Å². The highest BCUT2D eigenvalue weighted by atomic mass is 16.5. The van der Waals surface area contributed by atoms with Crippen LogP contribution in [0.4, 0.5) is 10.6 Å². The minimum atomic E-state index is -0.899. The Morgan fingerprint density at radius 1 is 1.21 bits per heavy atom. The number of amides is 1. The summed E-state index contributed by atoms with van der Waals surface area (Å²) in [6.07, 6.45) is 3.60. The molecule has 0 bridgehead atoms. The van der Waals surface area contributed by atoms with Crippen molar-refractivity contribution in [1.29, 1.82) is 0 Å². The zero-order valence-corrected chi connectivity index (χ0v) is 16.2. The number of hydrogen-bond acceptors (Lipinski definition) is 5. The van der Waals surface area contributed by atoms with Gasteiger partial charge in [0.05, 0.1) is 14.2 Å². The van der Waals surface area contributed by atoms with Gasteiger partial charge in [-0.05, 0) is 35.8 Å². The number of rotatable bonds is 4. The van der Waals surface area contributed by atoms with Gasteiger partial charge in [0.1, 0.15) is 11.5 Å². The Kier molecular flexibility index (Phi) is 4.75. The fourth-order valence-corrected chi connectivity index (χ4v) is 3.65. The van der Waals surface area contributed by atoms with Gasteiger partial charge in [-0.25, -0.2) is 9.78 Å². The van der Waals surface area contributed by atoms with Crippen molar-refractivity contribution in [2.24, 2.45) is 0 Å². The third-order valence-electron chi connectivity index (χ3n) is 5.22. The number of methoxy groups -OCH3 is 2. The molecule has 2 aromatic heterocycles. The minimum Gasteiger partial charge on any atom is -0.493 e. The number of nitrogens with one attached hydrogen (secondary N) is 1. The molecule has 8 nitrogen and oxygen atoms in total. The lowest BCUT2D eigenvalue weighted by atomic mass is 9.97. The van der Waals surface area contributed by atoms with E-state index in [1.54, 1.807) is 14.2 Å². The SMILES string of the molecule is COc1ccc(-c2cc3c(C4=CCN(C(=O)O)CC4)c[nH]c3nc2N)cc1OC. The molecule has 8 heteroatoms. The van der Waals surface area contributed by atoms with Crippen molar-refractivity contribution in [1.82, 2.24) is 14.9 Å². The highest BCUT2D eigenvalue weighted by Crippen LogP contribution is 2.37. The molecule has 1 aromatic carbocycles. The van der Waals surface area contributed by atoms with Gasteiger partial charge >= 0.3 is 6.09 Å².